The van der Waals surface area contributed by atoms with Crippen molar-refractivity contribution in [3.63, 3.8) is 0 Å². The number of carbonyl (C=O) groups excluding carboxylic acids is 2. The summed E-state index contributed by atoms with van der Waals surface area (Å²) >= 11 is 0. The molecular weight excluding hydrogens is 384 g/mol. The van der Waals surface area contributed by atoms with E-state index in [1.165, 1.54) is 0 Å². The van der Waals surface area contributed by atoms with Gasteiger partial charge in [0.1, 0.15) is 5.69 Å². The standard InChI is InChI=1S/C22H26N4O4/c1-4-29-21(27)15-8-7-11-26(13-15)20-19(16(12-23)22(28)30-14(2)3)24-17-9-5-6-10-18(17)25-20/h5-6,9-10,14-16H,4,7-8,11,13H2,1-3H3/t15-,16-/m0/s1. The number of hydrogen-bond donors (Lipinski definition) is 0. The minimum atomic E-state index is -1.21. The summed E-state index contributed by atoms with van der Waals surface area (Å²) in [7, 11) is 0. The van der Waals surface area contributed by atoms with Gasteiger partial charge < -0.3 is 14.4 Å². The monoisotopic (exact) mass is 410 g/mol. The summed E-state index contributed by atoms with van der Waals surface area (Å²) in [6.45, 7) is 6.61. The third kappa shape index (κ3) is 4.67. The van der Waals surface area contributed by atoms with Gasteiger partial charge in [0.2, 0.25) is 0 Å². The lowest BCUT2D eigenvalue weighted by Gasteiger charge is -2.33. The van der Waals surface area contributed by atoms with Gasteiger partial charge in [-0.2, -0.15) is 5.26 Å². The first-order chi connectivity index (χ1) is 14.4. The van der Waals surface area contributed by atoms with Crippen molar-refractivity contribution in [2.45, 2.75) is 45.6 Å². The summed E-state index contributed by atoms with van der Waals surface area (Å²) in [6.07, 6.45) is 1.14. The minimum Gasteiger partial charge on any atom is -0.466 e. The van der Waals surface area contributed by atoms with Gasteiger partial charge in [-0.1, -0.05) is 12.1 Å². The molecule has 1 aromatic carbocycles. The fourth-order valence-corrected chi connectivity index (χ4v) is 3.58. The zero-order valence-electron chi connectivity index (χ0n) is 17.5. The van der Waals surface area contributed by atoms with E-state index < -0.39 is 11.9 Å². The number of hydrogen-bond acceptors (Lipinski definition) is 8. The Morgan fingerprint density at radius 2 is 1.97 bits per heavy atom. The lowest BCUT2D eigenvalue weighted by Crippen LogP contribution is -2.41. The number of rotatable bonds is 6. The molecular formula is C22H26N4O4. The van der Waals surface area contributed by atoms with Crippen molar-refractivity contribution in [1.82, 2.24) is 9.97 Å². The number of nitrogens with zero attached hydrogens (tertiary/aromatic N) is 4. The van der Waals surface area contributed by atoms with Crippen molar-refractivity contribution in [3.05, 3.63) is 30.0 Å². The normalized spacial score (nSPS) is 17.4. The number of para-hydroxylation sites is 2. The average molecular weight is 410 g/mol. The zero-order chi connectivity index (χ0) is 21.7. The summed E-state index contributed by atoms with van der Waals surface area (Å²) in [5.74, 6) is -1.95. The highest BCUT2D eigenvalue weighted by molar-refractivity contribution is 5.85. The van der Waals surface area contributed by atoms with Crippen molar-refractivity contribution in [2.75, 3.05) is 24.6 Å². The number of aromatic nitrogens is 2. The van der Waals surface area contributed by atoms with Crippen LogP contribution in [0.3, 0.4) is 0 Å². The first-order valence-electron chi connectivity index (χ1n) is 10.2. The van der Waals surface area contributed by atoms with E-state index >= 15 is 0 Å². The maximum Gasteiger partial charge on any atom is 0.329 e. The summed E-state index contributed by atoms with van der Waals surface area (Å²) in [5, 5.41) is 9.76. The Balaban J connectivity index is 2.04. The van der Waals surface area contributed by atoms with Crippen molar-refractivity contribution in [1.29, 1.82) is 5.26 Å². The second-order valence-electron chi connectivity index (χ2n) is 7.51. The van der Waals surface area contributed by atoms with Crippen molar-refractivity contribution in [3.8, 4) is 6.07 Å². The van der Waals surface area contributed by atoms with Crippen LogP contribution in [0.25, 0.3) is 11.0 Å². The molecule has 0 saturated carbocycles. The van der Waals surface area contributed by atoms with Crippen LogP contribution in [-0.4, -0.2) is 47.7 Å². The molecule has 8 nitrogen and oxygen atoms in total. The van der Waals surface area contributed by atoms with Crippen LogP contribution in [-0.2, 0) is 19.1 Å². The van der Waals surface area contributed by atoms with Crippen LogP contribution in [0.5, 0.6) is 0 Å². The molecule has 2 aromatic rings. The maximum atomic E-state index is 12.6. The van der Waals surface area contributed by atoms with Gasteiger partial charge in [0.05, 0.1) is 35.7 Å². The van der Waals surface area contributed by atoms with Crippen LogP contribution >= 0.6 is 0 Å². The highest BCUT2D eigenvalue weighted by atomic mass is 16.5. The van der Waals surface area contributed by atoms with Gasteiger partial charge in [0.25, 0.3) is 0 Å². The molecule has 0 unspecified atom stereocenters. The highest BCUT2D eigenvalue weighted by Gasteiger charge is 2.34. The molecule has 2 atom stereocenters. The molecule has 1 aliphatic rings. The largest absolute Gasteiger partial charge is 0.466 e. The van der Waals surface area contributed by atoms with Gasteiger partial charge >= 0.3 is 11.9 Å². The van der Waals surface area contributed by atoms with E-state index in [4.69, 9.17) is 14.5 Å². The number of anilines is 1. The van der Waals surface area contributed by atoms with Gasteiger partial charge in [-0.05, 0) is 45.7 Å². The Labute approximate surface area is 175 Å². The highest BCUT2D eigenvalue weighted by Crippen LogP contribution is 2.31. The average Bonchev–Trinajstić information content (AvgIpc) is 2.73. The molecule has 0 radical (unpaired) electrons. The SMILES string of the molecule is CCOC(=O)[C@H]1CCCN(c2nc3ccccc3nc2[C@H](C#N)C(=O)OC(C)C)C1. The van der Waals surface area contributed by atoms with Crippen molar-refractivity contribution < 1.29 is 19.1 Å². The molecule has 3 rings (SSSR count). The number of nitriles is 1. The topological polar surface area (TPSA) is 105 Å². The van der Waals surface area contributed by atoms with Crippen LogP contribution in [0.2, 0.25) is 0 Å². The third-order valence-electron chi connectivity index (χ3n) is 4.91. The van der Waals surface area contributed by atoms with Gasteiger partial charge in [-0.15, -0.1) is 0 Å². The smallest absolute Gasteiger partial charge is 0.329 e. The van der Waals surface area contributed by atoms with E-state index in [0.29, 0.717) is 36.5 Å². The van der Waals surface area contributed by atoms with Crippen LogP contribution in [0.1, 0.15) is 45.2 Å². The molecule has 1 aliphatic heterocycles. The van der Waals surface area contributed by atoms with Crippen molar-refractivity contribution in [2.24, 2.45) is 5.92 Å². The summed E-state index contributed by atoms with van der Waals surface area (Å²) in [5.41, 5.74) is 1.50. The Bertz CT molecular complexity index is 969. The zero-order valence-corrected chi connectivity index (χ0v) is 17.5. The number of piperidine rings is 1. The molecule has 1 saturated heterocycles. The third-order valence-corrected chi connectivity index (χ3v) is 4.91. The molecule has 158 valence electrons. The second-order valence-corrected chi connectivity index (χ2v) is 7.51. The summed E-state index contributed by atoms with van der Waals surface area (Å²) in [6, 6.07) is 9.32. The van der Waals surface area contributed by atoms with E-state index in [0.717, 1.165) is 12.8 Å². The Hall–Kier alpha value is -3.21. The van der Waals surface area contributed by atoms with Crippen LogP contribution in [0, 0.1) is 17.2 Å². The molecule has 30 heavy (non-hydrogen) atoms. The fourth-order valence-electron chi connectivity index (χ4n) is 3.58. The van der Waals surface area contributed by atoms with E-state index in [9.17, 15) is 14.9 Å². The number of carbonyl (C=O) groups is 2. The van der Waals surface area contributed by atoms with E-state index in [1.54, 1.807) is 26.8 Å². The van der Waals surface area contributed by atoms with Gasteiger partial charge in [-0.25, -0.2) is 9.97 Å². The van der Waals surface area contributed by atoms with Crippen LogP contribution in [0.15, 0.2) is 24.3 Å². The van der Waals surface area contributed by atoms with E-state index in [2.05, 4.69) is 4.98 Å². The second kappa shape index (κ2) is 9.53. The van der Waals surface area contributed by atoms with E-state index in [1.807, 2.05) is 29.2 Å². The molecule has 0 bridgehead atoms. The summed E-state index contributed by atoms with van der Waals surface area (Å²) < 4.78 is 10.5. The number of fused-ring (bicyclic) bond motifs is 1. The predicted octanol–water partition coefficient (Wildman–Crippen LogP) is 2.97. The predicted molar refractivity (Wildman–Crippen MR) is 111 cm³/mol. The summed E-state index contributed by atoms with van der Waals surface area (Å²) in [4.78, 5) is 36.1. The molecule has 2 heterocycles. The van der Waals surface area contributed by atoms with Crippen LogP contribution in [0.4, 0.5) is 5.82 Å². The Morgan fingerprint density at radius 3 is 2.60 bits per heavy atom. The molecule has 0 spiro atoms. The van der Waals surface area contributed by atoms with Crippen molar-refractivity contribution >= 4 is 28.8 Å². The molecule has 0 amide bonds. The molecule has 1 aromatic heterocycles. The lowest BCUT2D eigenvalue weighted by molar-refractivity contribution is -0.149. The number of benzene rings is 1. The maximum absolute atomic E-state index is 12.6. The van der Waals surface area contributed by atoms with E-state index in [-0.39, 0.29) is 23.7 Å². The lowest BCUT2D eigenvalue weighted by atomic mass is 9.97. The minimum absolute atomic E-state index is 0.242. The van der Waals surface area contributed by atoms with Gasteiger partial charge in [-0.3, -0.25) is 9.59 Å². The quantitative estimate of drug-likeness (QED) is 0.669. The first kappa shape index (κ1) is 21.5. The Morgan fingerprint density at radius 1 is 1.27 bits per heavy atom. The molecule has 0 N–H and O–H groups in total. The number of ether oxygens (including phenoxy) is 2. The first-order valence-corrected chi connectivity index (χ1v) is 10.2. The molecule has 1 fully saturated rings. The number of esters is 2. The van der Waals surface area contributed by atoms with Gasteiger partial charge in [0.15, 0.2) is 11.7 Å². The molecule has 8 heteroatoms. The fraction of sp³-hybridized carbons (Fsp3) is 0.500. The van der Waals surface area contributed by atoms with Gasteiger partial charge in [0, 0.05) is 13.1 Å². The van der Waals surface area contributed by atoms with Crippen LogP contribution < -0.4 is 4.90 Å². The Kier molecular flexibility index (Phi) is 6.83. The molecule has 0 aliphatic carbocycles.